The molecule has 1 aromatic rings. The molecule has 2 heterocycles. The van der Waals surface area contributed by atoms with Crippen LogP contribution in [-0.2, 0) is 22.4 Å². The molecule has 7 heteroatoms. The maximum Gasteiger partial charge on any atom is 0.249 e. The van der Waals surface area contributed by atoms with Crippen LogP contribution < -0.4 is 10.6 Å². The van der Waals surface area contributed by atoms with E-state index in [1.807, 2.05) is 13.8 Å². The average molecular weight is 263 g/mol. The van der Waals surface area contributed by atoms with Gasteiger partial charge in [0.25, 0.3) is 0 Å². The Labute approximate surface area is 111 Å². The van der Waals surface area contributed by atoms with Gasteiger partial charge < -0.3 is 5.32 Å². The summed E-state index contributed by atoms with van der Waals surface area (Å²) in [5.41, 5.74) is 1.69. The van der Waals surface area contributed by atoms with Crippen molar-refractivity contribution in [1.82, 2.24) is 20.5 Å². The summed E-state index contributed by atoms with van der Waals surface area (Å²) in [5, 5.41) is 13.2. The summed E-state index contributed by atoms with van der Waals surface area (Å²) in [7, 11) is 0. The molecule has 2 rings (SSSR count). The molecule has 102 valence electrons. The predicted octanol–water partition coefficient (Wildman–Crippen LogP) is 0.0710. The lowest BCUT2D eigenvalue weighted by molar-refractivity contribution is -0.123. The van der Waals surface area contributed by atoms with E-state index in [2.05, 4.69) is 25.8 Å². The van der Waals surface area contributed by atoms with Crippen molar-refractivity contribution in [3.63, 3.8) is 0 Å². The van der Waals surface area contributed by atoms with Crippen LogP contribution in [-0.4, -0.2) is 33.5 Å². The van der Waals surface area contributed by atoms with Gasteiger partial charge >= 0.3 is 0 Å². The number of aromatic nitrogens is 3. The number of nitrogens with one attached hydrogen (secondary N) is 2. The van der Waals surface area contributed by atoms with E-state index in [4.69, 9.17) is 0 Å². The molecular formula is C12H17N5O2. The van der Waals surface area contributed by atoms with Crippen LogP contribution in [0.5, 0.6) is 0 Å². The van der Waals surface area contributed by atoms with Gasteiger partial charge in [0.15, 0.2) is 0 Å². The number of amides is 2. The minimum Gasteiger partial charge on any atom is -0.355 e. The van der Waals surface area contributed by atoms with Crippen molar-refractivity contribution in [2.24, 2.45) is 5.92 Å². The minimum absolute atomic E-state index is 0.102. The third-order valence-electron chi connectivity index (χ3n) is 3.09. The largest absolute Gasteiger partial charge is 0.355 e. The standard InChI is InChI=1S/C12H17N5O2/c1-3-8-9(4-2)16-17-12(14-8)15-11(19)7-5-10(18)13-6-7/h7H,3-6H2,1-2H3,(H,13,18)(H,14,15,17,19). The quantitative estimate of drug-likeness (QED) is 0.801. The first-order chi connectivity index (χ1) is 9.13. The maximum absolute atomic E-state index is 11.9. The monoisotopic (exact) mass is 263 g/mol. The van der Waals surface area contributed by atoms with E-state index in [0.29, 0.717) is 6.54 Å². The van der Waals surface area contributed by atoms with Crippen LogP contribution in [0.15, 0.2) is 0 Å². The number of carbonyl (C=O) groups is 2. The molecule has 1 fully saturated rings. The van der Waals surface area contributed by atoms with Gasteiger partial charge in [-0.15, -0.1) is 10.2 Å². The molecule has 0 bridgehead atoms. The topological polar surface area (TPSA) is 96.9 Å². The van der Waals surface area contributed by atoms with Crippen molar-refractivity contribution < 1.29 is 9.59 Å². The number of anilines is 1. The molecule has 0 spiro atoms. The number of aryl methyl sites for hydroxylation is 2. The SMILES string of the molecule is CCc1nnc(NC(=O)C2CNC(=O)C2)nc1CC. The first-order valence-corrected chi connectivity index (χ1v) is 6.44. The highest BCUT2D eigenvalue weighted by molar-refractivity contribution is 5.96. The Morgan fingerprint density at radius 3 is 2.63 bits per heavy atom. The lowest BCUT2D eigenvalue weighted by Gasteiger charge is -2.09. The van der Waals surface area contributed by atoms with Gasteiger partial charge in [-0.2, -0.15) is 0 Å². The molecule has 1 saturated heterocycles. The number of carbonyl (C=O) groups excluding carboxylic acids is 2. The Balaban J connectivity index is 2.06. The van der Waals surface area contributed by atoms with Crippen molar-refractivity contribution >= 4 is 17.8 Å². The highest BCUT2D eigenvalue weighted by atomic mass is 16.2. The fourth-order valence-electron chi connectivity index (χ4n) is 1.99. The number of nitrogens with zero attached hydrogens (tertiary/aromatic N) is 3. The van der Waals surface area contributed by atoms with Crippen LogP contribution in [0.3, 0.4) is 0 Å². The van der Waals surface area contributed by atoms with E-state index in [1.54, 1.807) is 0 Å². The minimum atomic E-state index is -0.355. The third-order valence-corrected chi connectivity index (χ3v) is 3.09. The van der Waals surface area contributed by atoms with E-state index in [0.717, 1.165) is 24.2 Å². The molecule has 1 unspecified atom stereocenters. The van der Waals surface area contributed by atoms with Crippen LogP contribution in [0.4, 0.5) is 5.95 Å². The summed E-state index contributed by atoms with van der Waals surface area (Å²) in [5.74, 6) is -0.494. The average Bonchev–Trinajstić information content (AvgIpc) is 2.85. The maximum atomic E-state index is 11.9. The van der Waals surface area contributed by atoms with E-state index in [1.165, 1.54) is 0 Å². The molecule has 1 aliphatic rings. The lowest BCUT2D eigenvalue weighted by Crippen LogP contribution is -2.26. The second-order valence-corrected chi connectivity index (χ2v) is 4.43. The van der Waals surface area contributed by atoms with E-state index in [-0.39, 0.29) is 30.1 Å². The molecule has 0 aromatic carbocycles. The van der Waals surface area contributed by atoms with Crippen molar-refractivity contribution in [2.75, 3.05) is 11.9 Å². The lowest BCUT2D eigenvalue weighted by atomic mass is 10.1. The van der Waals surface area contributed by atoms with Crippen LogP contribution in [0, 0.1) is 5.92 Å². The normalized spacial score (nSPS) is 18.2. The molecule has 0 radical (unpaired) electrons. The molecule has 2 N–H and O–H groups in total. The second kappa shape index (κ2) is 5.73. The molecule has 1 aliphatic heterocycles. The van der Waals surface area contributed by atoms with Gasteiger partial charge in [-0.1, -0.05) is 13.8 Å². The van der Waals surface area contributed by atoms with E-state index < -0.39 is 0 Å². The second-order valence-electron chi connectivity index (χ2n) is 4.43. The van der Waals surface area contributed by atoms with E-state index in [9.17, 15) is 9.59 Å². The molecule has 0 saturated carbocycles. The first-order valence-electron chi connectivity index (χ1n) is 6.44. The first kappa shape index (κ1) is 13.4. The summed E-state index contributed by atoms with van der Waals surface area (Å²) < 4.78 is 0. The molecule has 19 heavy (non-hydrogen) atoms. The molecular weight excluding hydrogens is 246 g/mol. The van der Waals surface area contributed by atoms with Crippen LogP contribution in [0.1, 0.15) is 31.7 Å². The zero-order chi connectivity index (χ0) is 13.8. The Morgan fingerprint density at radius 2 is 2.05 bits per heavy atom. The van der Waals surface area contributed by atoms with Gasteiger partial charge in [-0.25, -0.2) is 4.98 Å². The summed E-state index contributed by atoms with van der Waals surface area (Å²) in [4.78, 5) is 27.2. The number of rotatable bonds is 4. The Morgan fingerprint density at radius 1 is 1.32 bits per heavy atom. The summed E-state index contributed by atoms with van der Waals surface area (Å²) in [6.45, 7) is 4.33. The van der Waals surface area contributed by atoms with Crippen molar-refractivity contribution in [3.05, 3.63) is 11.4 Å². The van der Waals surface area contributed by atoms with Gasteiger partial charge in [0.05, 0.1) is 17.3 Å². The van der Waals surface area contributed by atoms with Gasteiger partial charge in [-0.3, -0.25) is 14.9 Å². The summed E-state index contributed by atoms with van der Waals surface area (Å²) in [6, 6.07) is 0. The van der Waals surface area contributed by atoms with Crippen LogP contribution in [0.2, 0.25) is 0 Å². The van der Waals surface area contributed by atoms with Gasteiger partial charge in [-0.05, 0) is 12.8 Å². The fraction of sp³-hybridized carbons (Fsp3) is 0.583. The number of hydrogen-bond acceptors (Lipinski definition) is 5. The highest BCUT2D eigenvalue weighted by Crippen LogP contribution is 2.12. The smallest absolute Gasteiger partial charge is 0.249 e. The molecule has 7 nitrogen and oxygen atoms in total. The Bertz CT molecular complexity index is 503. The Hall–Kier alpha value is -2.05. The van der Waals surface area contributed by atoms with Crippen molar-refractivity contribution in [2.45, 2.75) is 33.1 Å². The highest BCUT2D eigenvalue weighted by Gasteiger charge is 2.28. The van der Waals surface area contributed by atoms with Crippen LogP contribution in [0.25, 0.3) is 0 Å². The van der Waals surface area contributed by atoms with Gasteiger partial charge in [0.2, 0.25) is 17.8 Å². The summed E-state index contributed by atoms with van der Waals surface area (Å²) in [6.07, 6.45) is 1.72. The molecule has 0 aliphatic carbocycles. The van der Waals surface area contributed by atoms with Gasteiger partial charge in [0, 0.05) is 13.0 Å². The fourth-order valence-corrected chi connectivity index (χ4v) is 1.99. The van der Waals surface area contributed by atoms with Crippen LogP contribution >= 0.6 is 0 Å². The molecule has 1 aromatic heterocycles. The van der Waals surface area contributed by atoms with E-state index >= 15 is 0 Å². The van der Waals surface area contributed by atoms with Gasteiger partial charge in [0.1, 0.15) is 0 Å². The third kappa shape index (κ3) is 3.04. The summed E-state index contributed by atoms with van der Waals surface area (Å²) >= 11 is 0. The zero-order valence-electron chi connectivity index (χ0n) is 11.1. The number of hydrogen-bond donors (Lipinski definition) is 2. The zero-order valence-corrected chi connectivity index (χ0v) is 11.1. The molecule has 2 amide bonds. The predicted molar refractivity (Wildman–Crippen MR) is 68.3 cm³/mol. The Kier molecular flexibility index (Phi) is 4.03. The molecule has 1 atom stereocenters. The van der Waals surface area contributed by atoms with Crippen molar-refractivity contribution in [1.29, 1.82) is 0 Å². The van der Waals surface area contributed by atoms with Crippen molar-refractivity contribution in [3.8, 4) is 0 Å².